The van der Waals surface area contributed by atoms with Gasteiger partial charge in [0.1, 0.15) is 11.3 Å². The third kappa shape index (κ3) is 5.04. The maximum atomic E-state index is 9.06. The predicted molar refractivity (Wildman–Crippen MR) is 86.2 cm³/mol. The van der Waals surface area contributed by atoms with Gasteiger partial charge in [0, 0.05) is 12.1 Å². The maximum Gasteiger partial charge on any atom is 0.122 e. The van der Waals surface area contributed by atoms with Gasteiger partial charge in [0.25, 0.3) is 0 Å². The lowest BCUT2D eigenvalue weighted by atomic mass is 9.94. The first kappa shape index (κ1) is 17.5. The number of methoxy groups -OCH3 is 1. The van der Waals surface area contributed by atoms with Crippen LogP contribution in [-0.4, -0.2) is 36.7 Å². The quantitative estimate of drug-likeness (QED) is 0.838. The predicted octanol–water partition coefficient (Wildman–Crippen LogP) is 2.58. The molecule has 0 radical (unpaired) electrons. The van der Waals surface area contributed by atoms with Gasteiger partial charge in [0.2, 0.25) is 0 Å². The van der Waals surface area contributed by atoms with Gasteiger partial charge in [-0.2, -0.15) is 5.26 Å². The van der Waals surface area contributed by atoms with Crippen molar-refractivity contribution in [3.05, 3.63) is 29.8 Å². The number of hydrogen-bond donors (Lipinski definition) is 1. The molecule has 0 heterocycles. The molecule has 0 aromatic heterocycles. The molecule has 0 saturated carbocycles. The zero-order valence-corrected chi connectivity index (χ0v) is 13.8. The largest absolute Gasteiger partial charge is 0.496 e. The minimum Gasteiger partial charge on any atom is -0.496 e. The molecule has 0 aliphatic rings. The zero-order chi connectivity index (χ0) is 16.0. The lowest BCUT2D eigenvalue weighted by Crippen LogP contribution is -2.45. The molecular weight excluding hydrogens is 262 g/mol. The van der Waals surface area contributed by atoms with Crippen LogP contribution in [0.5, 0.6) is 5.75 Å². The van der Waals surface area contributed by atoms with E-state index in [0.29, 0.717) is 12.5 Å². The lowest BCUT2D eigenvalue weighted by Gasteiger charge is -2.33. The average Bonchev–Trinajstić information content (AvgIpc) is 2.46. The standard InChI is InChI=1S/C17H27N3O/c1-13(10-15-8-6-7-9-16(15)21-5)20(4)14(2)11-17(3,19)12-18/h6-9,13-14H,10-11,19H2,1-5H3. The maximum absolute atomic E-state index is 9.06. The highest BCUT2D eigenvalue weighted by Gasteiger charge is 2.25. The zero-order valence-electron chi connectivity index (χ0n) is 13.8. The van der Waals surface area contributed by atoms with Crippen molar-refractivity contribution in [1.82, 2.24) is 4.90 Å². The normalized spacial score (nSPS) is 16.9. The Balaban J connectivity index is 2.70. The molecule has 4 nitrogen and oxygen atoms in total. The van der Waals surface area contributed by atoms with Crippen molar-refractivity contribution in [2.24, 2.45) is 5.73 Å². The minimum absolute atomic E-state index is 0.240. The second-order valence-electron chi connectivity index (χ2n) is 6.11. The van der Waals surface area contributed by atoms with Crippen LogP contribution in [0.4, 0.5) is 0 Å². The number of nitrogens with two attached hydrogens (primary N) is 1. The molecule has 3 atom stereocenters. The molecule has 116 valence electrons. The molecule has 2 N–H and O–H groups in total. The monoisotopic (exact) mass is 289 g/mol. The Morgan fingerprint density at radius 3 is 2.52 bits per heavy atom. The van der Waals surface area contributed by atoms with Gasteiger partial charge < -0.3 is 15.4 Å². The van der Waals surface area contributed by atoms with Gasteiger partial charge in [-0.15, -0.1) is 0 Å². The van der Waals surface area contributed by atoms with E-state index in [-0.39, 0.29) is 6.04 Å². The molecule has 0 amide bonds. The van der Waals surface area contributed by atoms with Crippen molar-refractivity contribution in [2.75, 3.05) is 14.2 Å². The molecule has 0 aliphatic carbocycles. The van der Waals surface area contributed by atoms with E-state index in [1.54, 1.807) is 14.0 Å². The van der Waals surface area contributed by atoms with Crippen LogP contribution < -0.4 is 10.5 Å². The average molecular weight is 289 g/mol. The van der Waals surface area contributed by atoms with E-state index in [1.807, 2.05) is 18.2 Å². The van der Waals surface area contributed by atoms with Crippen molar-refractivity contribution in [2.45, 2.75) is 51.2 Å². The van der Waals surface area contributed by atoms with Gasteiger partial charge in [-0.25, -0.2) is 0 Å². The molecule has 3 unspecified atom stereocenters. The molecule has 0 fully saturated rings. The van der Waals surface area contributed by atoms with Gasteiger partial charge in [-0.1, -0.05) is 18.2 Å². The molecule has 4 heteroatoms. The van der Waals surface area contributed by atoms with E-state index < -0.39 is 5.54 Å². The number of nitriles is 1. The van der Waals surface area contributed by atoms with E-state index >= 15 is 0 Å². The summed E-state index contributed by atoms with van der Waals surface area (Å²) >= 11 is 0. The van der Waals surface area contributed by atoms with E-state index in [2.05, 4.69) is 37.9 Å². The summed E-state index contributed by atoms with van der Waals surface area (Å²) < 4.78 is 5.40. The fourth-order valence-corrected chi connectivity index (χ4v) is 2.57. The summed E-state index contributed by atoms with van der Waals surface area (Å²) in [5, 5.41) is 9.06. The van der Waals surface area contributed by atoms with Crippen LogP contribution in [0.3, 0.4) is 0 Å². The fraction of sp³-hybridized carbons (Fsp3) is 0.588. The molecular formula is C17H27N3O. The highest BCUT2D eigenvalue weighted by molar-refractivity contribution is 5.33. The van der Waals surface area contributed by atoms with Crippen LogP contribution in [-0.2, 0) is 6.42 Å². The van der Waals surface area contributed by atoms with Crippen molar-refractivity contribution in [1.29, 1.82) is 5.26 Å². The number of ether oxygens (including phenoxy) is 1. The van der Waals surface area contributed by atoms with Crippen LogP contribution in [0, 0.1) is 11.3 Å². The first-order chi connectivity index (χ1) is 9.80. The molecule has 1 rings (SSSR count). The number of nitrogens with zero attached hydrogens (tertiary/aromatic N) is 2. The summed E-state index contributed by atoms with van der Waals surface area (Å²) in [6, 6.07) is 10.8. The number of rotatable bonds is 7. The number of likely N-dealkylation sites (N-methyl/N-ethyl adjacent to an activating group) is 1. The van der Waals surface area contributed by atoms with Gasteiger partial charge in [-0.05, 0) is 52.3 Å². The molecule has 1 aromatic carbocycles. The fourth-order valence-electron chi connectivity index (χ4n) is 2.57. The van der Waals surface area contributed by atoms with Crippen LogP contribution in [0.1, 0.15) is 32.8 Å². The summed E-state index contributed by atoms with van der Waals surface area (Å²) in [4.78, 5) is 2.27. The topological polar surface area (TPSA) is 62.3 Å². The molecule has 0 aliphatic heterocycles. The Labute approximate surface area is 128 Å². The van der Waals surface area contributed by atoms with Gasteiger partial charge in [0.05, 0.1) is 13.2 Å². The second kappa shape index (κ2) is 7.44. The van der Waals surface area contributed by atoms with Crippen LogP contribution in [0.25, 0.3) is 0 Å². The van der Waals surface area contributed by atoms with Gasteiger partial charge in [0.15, 0.2) is 0 Å². The molecule has 1 aromatic rings. The molecule has 0 bridgehead atoms. The Bertz CT molecular complexity index is 493. The first-order valence-electron chi connectivity index (χ1n) is 7.34. The van der Waals surface area contributed by atoms with E-state index in [9.17, 15) is 0 Å². The van der Waals surface area contributed by atoms with Crippen molar-refractivity contribution in [3.8, 4) is 11.8 Å². The summed E-state index contributed by atoms with van der Waals surface area (Å²) in [7, 11) is 3.78. The van der Waals surface area contributed by atoms with E-state index in [0.717, 1.165) is 12.2 Å². The lowest BCUT2D eigenvalue weighted by molar-refractivity contribution is 0.172. The second-order valence-corrected chi connectivity index (χ2v) is 6.11. The minimum atomic E-state index is -0.780. The summed E-state index contributed by atoms with van der Waals surface area (Å²) in [5.74, 6) is 0.922. The Morgan fingerprint density at radius 1 is 1.33 bits per heavy atom. The molecule has 0 spiro atoms. The van der Waals surface area contributed by atoms with Crippen LogP contribution >= 0.6 is 0 Å². The third-order valence-corrected chi connectivity index (χ3v) is 4.07. The van der Waals surface area contributed by atoms with Crippen LogP contribution in [0.15, 0.2) is 24.3 Å². The number of para-hydroxylation sites is 1. The van der Waals surface area contributed by atoms with E-state index in [1.165, 1.54) is 5.56 Å². The van der Waals surface area contributed by atoms with Gasteiger partial charge >= 0.3 is 0 Å². The third-order valence-electron chi connectivity index (χ3n) is 4.07. The Kier molecular flexibility index (Phi) is 6.19. The summed E-state index contributed by atoms with van der Waals surface area (Å²) in [6.07, 6.45) is 1.55. The smallest absolute Gasteiger partial charge is 0.122 e. The van der Waals surface area contributed by atoms with E-state index in [4.69, 9.17) is 15.7 Å². The molecule has 21 heavy (non-hydrogen) atoms. The van der Waals surface area contributed by atoms with Crippen molar-refractivity contribution >= 4 is 0 Å². The van der Waals surface area contributed by atoms with Crippen molar-refractivity contribution in [3.63, 3.8) is 0 Å². The number of benzene rings is 1. The number of hydrogen-bond acceptors (Lipinski definition) is 4. The van der Waals surface area contributed by atoms with Gasteiger partial charge in [-0.3, -0.25) is 0 Å². The first-order valence-corrected chi connectivity index (χ1v) is 7.34. The Hall–Kier alpha value is -1.57. The Morgan fingerprint density at radius 2 is 1.95 bits per heavy atom. The highest BCUT2D eigenvalue weighted by Crippen LogP contribution is 2.22. The summed E-state index contributed by atoms with van der Waals surface area (Å²) in [6.45, 7) is 6.08. The van der Waals surface area contributed by atoms with Crippen LogP contribution in [0.2, 0.25) is 0 Å². The highest BCUT2D eigenvalue weighted by atomic mass is 16.5. The summed E-state index contributed by atoms with van der Waals surface area (Å²) in [5.41, 5.74) is 6.36. The van der Waals surface area contributed by atoms with Crippen molar-refractivity contribution < 1.29 is 4.74 Å². The molecule has 0 saturated heterocycles. The SMILES string of the molecule is COc1ccccc1CC(C)N(C)C(C)CC(C)(N)C#N.